The van der Waals surface area contributed by atoms with Gasteiger partial charge in [0.2, 0.25) is 5.91 Å². The summed E-state index contributed by atoms with van der Waals surface area (Å²) in [7, 11) is 0. The van der Waals surface area contributed by atoms with Gasteiger partial charge in [0, 0.05) is 32.1 Å². The van der Waals surface area contributed by atoms with Crippen molar-refractivity contribution in [3.05, 3.63) is 0 Å². The summed E-state index contributed by atoms with van der Waals surface area (Å²) >= 11 is 0. The maximum absolute atomic E-state index is 12.6. The van der Waals surface area contributed by atoms with E-state index >= 15 is 0 Å². The van der Waals surface area contributed by atoms with Crippen LogP contribution in [-0.2, 0) is 19.1 Å². The zero-order valence-electron chi connectivity index (χ0n) is 15.8. The van der Waals surface area contributed by atoms with E-state index in [0.717, 1.165) is 12.8 Å². The fourth-order valence-corrected chi connectivity index (χ4v) is 3.00. The Balaban J connectivity index is 2.61. The van der Waals surface area contributed by atoms with Gasteiger partial charge in [-0.05, 0) is 33.1 Å². The molecule has 7 heteroatoms. The molecule has 1 rings (SSSR count). The second-order valence-electron chi connectivity index (χ2n) is 6.16. The summed E-state index contributed by atoms with van der Waals surface area (Å²) in [4.78, 5) is 39.5. The van der Waals surface area contributed by atoms with Crippen molar-refractivity contribution in [1.82, 2.24) is 9.80 Å². The predicted octanol–water partition coefficient (Wildman–Crippen LogP) is 2.58. The van der Waals surface area contributed by atoms with Gasteiger partial charge in [0.15, 0.2) is 0 Å². The zero-order chi connectivity index (χ0) is 18.7. The van der Waals surface area contributed by atoms with Crippen LogP contribution in [0.5, 0.6) is 0 Å². The van der Waals surface area contributed by atoms with Crippen molar-refractivity contribution in [2.75, 3.05) is 32.8 Å². The minimum absolute atomic E-state index is 0.0597. The number of ether oxygens (including phenoxy) is 2. The summed E-state index contributed by atoms with van der Waals surface area (Å²) in [6, 6.07) is 0.0597. The second kappa shape index (κ2) is 11.7. The molecule has 1 heterocycles. The number of unbranched alkanes of at least 4 members (excludes halogenated alkanes) is 1. The average molecular weight is 356 g/mol. The number of nitrogens with zero attached hydrogens (tertiary/aromatic N) is 2. The third-order valence-electron chi connectivity index (χ3n) is 4.36. The molecule has 1 aliphatic heterocycles. The van der Waals surface area contributed by atoms with Crippen LogP contribution in [0, 0.1) is 0 Å². The number of hydrogen-bond acceptors (Lipinski definition) is 5. The predicted molar refractivity (Wildman–Crippen MR) is 94.1 cm³/mol. The third kappa shape index (κ3) is 7.32. The SMILES string of the molecule is CCCCC(=O)N(CCC(=O)OCC)C1CCN(C(=O)OCC)CC1. The van der Waals surface area contributed by atoms with Crippen LogP contribution < -0.4 is 0 Å². The van der Waals surface area contributed by atoms with E-state index in [2.05, 4.69) is 0 Å². The third-order valence-corrected chi connectivity index (χ3v) is 4.36. The van der Waals surface area contributed by atoms with Crippen molar-refractivity contribution >= 4 is 18.0 Å². The number of carbonyl (C=O) groups excluding carboxylic acids is 3. The van der Waals surface area contributed by atoms with E-state index in [1.165, 1.54) is 0 Å². The largest absolute Gasteiger partial charge is 0.466 e. The van der Waals surface area contributed by atoms with E-state index in [0.29, 0.717) is 52.1 Å². The second-order valence-corrected chi connectivity index (χ2v) is 6.16. The van der Waals surface area contributed by atoms with E-state index in [1.54, 1.807) is 18.7 Å². The molecule has 1 aliphatic rings. The molecule has 0 saturated carbocycles. The first kappa shape index (κ1) is 21.3. The topological polar surface area (TPSA) is 76.2 Å². The Morgan fingerprint density at radius 1 is 1.00 bits per heavy atom. The van der Waals surface area contributed by atoms with Crippen LogP contribution in [0.4, 0.5) is 4.79 Å². The van der Waals surface area contributed by atoms with Gasteiger partial charge in [-0.25, -0.2) is 4.79 Å². The van der Waals surface area contributed by atoms with Gasteiger partial charge in [-0.2, -0.15) is 0 Å². The van der Waals surface area contributed by atoms with Crippen molar-refractivity contribution in [2.45, 2.75) is 65.3 Å². The highest BCUT2D eigenvalue weighted by molar-refractivity contribution is 5.77. The van der Waals surface area contributed by atoms with E-state index in [1.807, 2.05) is 11.8 Å². The lowest BCUT2D eigenvalue weighted by Crippen LogP contribution is -2.49. The van der Waals surface area contributed by atoms with Crippen molar-refractivity contribution in [2.24, 2.45) is 0 Å². The molecule has 0 aromatic rings. The lowest BCUT2D eigenvalue weighted by atomic mass is 10.0. The molecule has 0 radical (unpaired) electrons. The Bertz CT molecular complexity index is 433. The molecule has 0 aromatic heterocycles. The smallest absolute Gasteiger partial charge is 0.409 e. The normalized spacial score (nSPS) is 14.9. The van der Waals surface area contributed by atoms with Crippen molar-refractivity contribution in [3.8, 4) is 0 Å². The highest BCUT2D eigenvalue weighted by Gasteiger charge is 2.30. The Morgan fingerprint density at radius 3 is 2.20 bits per heavy atom. The van der Waals surface area contributed by atoms with Crippen LogP contribution in [0.15, 0.2) is 0 Å². The van der Waals surface area contributed by atoms with Gasteiger partial charge >= 0.3 is 12.1 Å². The molecule has 144 valence electrons. The Kier molecular flexibility index (Phi) is 9.96. The lowest BCUT2D eigenvalue weighted by Gasteiger charge is -2.38. The quantitative estimate of drug-likeness (QED) is 0.594. The Hall–Kier alpha value is -1.79. The standard InChI is InChI=1S/C18H32N2O5/c1-4-7-8-16(21)20(14-11-17(22)24-5-2)15-9-12-19(13-10-15)18(23)25-6-3/h15H,4-14H2,1-3H3. The van der Waals surface area contributed by atoms with E-state index < -0.39 is 0 Å². The van der Waals surface area contributed by atoms with Crippen LogP contribution in [-0.4, -0.2) is 66.7 Å². The molecule has 0 atom stereocenters. The van der Waals surface area contributed by atoms with Crippen molar-refractivity contribution in [1.29, 1.82) is 0 Å². The lowest BCUT2D eigenvalue weighted by molar-refractivity contribution is -0.144. The molecule has 0 spiro atoms. The van der Waals surface area contributed by atoms with E-state index in [-0.39, 0.29) is 30.4 Å². The van der Waals surface area contributed by atoms with Gasteiger partial charge in [0.05, 0.1) is 19.6 Å². The van der Waals surface area contributed by atoms with Crippen LogP contribution in [0.1, 0.15) is 59.3 Å². The minimum atomic E-state index is -0.295. The summed E-state index contributed by atoms with van der Waals surface area (Å²) in [6.45, 7) is 7.84. The first-order chi connectivity index (χ1) is 12.0. The number of likely N-dealkylation sites (tertiary alicyclic amines) is 1. The number of hydrogen-bond donors (Lipinski definition) is 0. The van der Waals surface area contributed by atoms with Crippen LogP contribution in [0.2, 0.25) is 0 Å². The monoisotopic (exact) mass is 356 g/mol. The van der Waals surface area contributed by atoms with Gasteiger partial charge in [-0.3, -0.25) is 9.59 Å². The number of carbonyl (C=O) groups is 3. The minimum Gasteiger partial charge on any atom is -0.466 e. The van der Waals surface area contributed by atoms with Gasteiger partial charge in [-0.1, -0.05) is 13.3 Å². The molecule has 25 heavy (non-hydrogen) atoms. The molecular weight excluding hydrogens is 324 g/mol. The number of piperidine rings is 1. The molecule has 1 fully saturated rings. The van der Waals surface area contributed by atoms with Gasteiger partial charge in [-0.15, -0.1) is 0 Å². The molecular formula is C18H32N2O5. The van der Waals surface area contributed by atoms with Crippen molar-refractivity contribution < 1.29 is 23.9 Å². The fraction of sp³-hybridized carbons (Fsp3) is 0.833. The summed E-state index contributed by atoms with van der Waals surface area (Å²) in [5.41, 5.74) is 0. The Labute approximate surface area is 150 Å². The summed E-state index contributed by atoms with van der Waals surface area (Å²) < 4.78 is 10.00. The maximum Gasteiger partial charge on any atom is 0.409 e. The number of esters is 1. The zero-order valence-corrected chi connectivity index (χ0v) is 15.8. The first-order valence-electron chi connectivity index (χ1n) is 9.40. The van der Waals surface area contributed by atoms with E-state index in [9.17, 15) is 14.4 Å². The molecule has 1 saturated heterocycles. The van der Waals surface area contributed by atoms with Crippen molar-refractivity contribution in [3.63, 3.8) is 0 Å². The maximum atomic E-state index is 12.6. The van der Waals surface area contributed by atoms with Gasteiger partial charge in [0.1, 0.15) is 0 Å². The number of rotatable bonds is 9. The van der Waals surface area contributed by atoms with Gasteiger partial charge < -0.3 is 19.3 Å². The average Bonchev–Trinajstić information content (AvgIpc) is 2.61. The fourth-order valence-electron chi connectivity index (χ4n) is 3.00. The highest BCUT2D eigenvalue weighted by atomic mass is 16.6. The van der Waals surface area contributed by atoms with Crippen LogP contribution >= 0.6 is 0 Å². The molecule has 2 amide bonds. The molecule has 0 N–H and O–H groups in total. The van der Waals surface area contributed by atoms with Crippen LogP contribution in [0.3, 0.4) is 0 Å². The van der Waals surface area contributed by atoms with Gasteiger partial charge in [0.25, 0.3) is 0 Å². The molecule has 0 unspecified atom stereocenters. The molecule has 0 aromatic carbocycles. The number of amides is 2. The summed E-state index contributed by atoms with van der Waals surface area (Å²) in [5.74, 6) is -0.194. The first-order valence-corrected chi connectivity index (χ1v) is 9.40. The molecule has 0 aliphatic carbocycles. The Morgan fingerprint density at radius 2 is 1.64 bits per heavy atom. The summed E-state index contributed by atoms with van der Waals surface area (Å²) in [5, 5.41) is 0. The van der Waals surface area contributed by atoms with Crippen LogP contribution in [0.25, 0.3) is 0 Å². The van der Waals surface area contributed by atoms with E-state index in [4.69, 9.17) is 9.47 Å². The highest BCUT2D eigenvalue weighted by Crippen LogP contribution is 2.19. The molecule has 7 nitrogen and oxygen atoms in total. The molecule has 0 bridgehead atoms. The summed E-state index contributed by atoms with van der Waals surface area (Å²) in [6.07, 6.45) is 3.63.